The summed E-state index contributed by atoms with van der Waals surface area (Å²) in [7, 11) is 0. The molecule has 82 valence electrons. The molecule has 2 nitrogen and oxygen atoms in total. The molecule has 1 saturated heterocycles. The lowest BCUT2D eigenvalue weighted by Crippen LogP contribution is -2.53. The fourth-order valence-corrected chi connectivity index (χ4v) is 2.74. The quantitative estimate of drug-likeness (QED) is 0.735. The van der Waals surface area contributed by atoms with E-state index in [4.69, 9.17) is 5.73 Å². The van der Waals surface area contributed by atoms with Gasteiger partial charge in [-0.3, -0.25) is 0 Å². The standard InChI is InChI=1S/C11H21FN2/c12-9-11(13)5-7-14(8-6-11)10-3-1-2-4-10/h10H,1-9,13H2. The normalized spacial score (nSPS) is 29.6. The maximum absolute atomic E-state index is 12.6. The Morgan fingerprint density at radius 3 is 2.29 bits per heavy atom. The van der Waals surface area contributed by atoms with Crippen LogP contribution in [0.5, 0.6) is 0 Å². The van der Waals surface area contributed by atoms with Crippen molar-refractivity contribution >= 4 is 0 Å². The molecule has 2 rings (SSSR count). The highest BCUT2D eigenvalue weighted by Gasteiger charge is 2.33. The zero-order chi connectivity index (χ0) is 10.0. The van der Waals surface area contributed by atoms with Crippen LogP contribution in [0.1, 0.15) is 38.5 Å². The summed E-state index contributed by atoms with van der Waals surface area (Å²) in [5.74, 6) is 0. The highest BCUT2D eigenvalue weighted by atomic mass is 19.1. The summed E-state index contributed by atoms with van der Waals surface area (Å²) in [5, 5.41) is 0. The molecule has 2 fully saturated rings. The van der Waals surface area contributed by atoms with Crippen molar-refractivity contribution in [1.82, 2.24) is 4.90 Å². The molecule has 1 saturated carbocycles. The van der Waals surface area contributed by atoms with Crippen molar-refractivity contribution < 1.29 is 4.39 Å². The molecule has 0 unspecified atom stereocenters. The van der Waals surface area contributed by atoms with Gasteiger partial charge in [0, 0.05) is 24.7 Å². The maximum atomic E-state index is 12.6. The number of hydrogen-bond acceptors (Lipinski definition) is 2. The molecule has 2 aliphatic rings. The Hall–Kier alpha value is -0.150. The van der Waals surface area contributed by atoms with E-state index >= 15 is 0 Å². The Morgan fingerprint density at radius 2 is 1.79 bits per heavy atom. The SMILES string of the molecule is NC1(CF)CCN(C2CCCC2)CC1. The van der Waals surface area contributed by atoms with Crippen molar-refractivity contribution in [3.8, 4) is 0 Å². The summed E-state index contributed by atoms with van der Waals surface area (Å²) in [6.07, 6.45) is 7.09. The summed E-state index contributed by atoms with van der Waals surface area (Å²) in [6.45, 7) is 1.65. The number of halogens is 1. The van der Waals surface area contributed by atoms with E-state index in [1.165, 1.54) is 25.7 Å². The average molecular weight is 200 g/mol. The highest BCUT2D eigenvalue weighted by molar-refractivity contribution is 4.92. The summed E-state index contributed by atoms with van der Waals surface area (Å²) in [5.41, 5.74) is 5.41. The molecule has 1 aliphatic carbocycles. The Balaban J connectivity index is 1.83. The minimum atomic E-state index is -0.505. The van der Waals surface area contributed by atoms with Gasteiger partial charge in [-0.2, -0.15) is 0 Å². The van der Waals surface area contributed by atoms with E-state index in [1.807, 2.05) is 0 Å². The molecule has 0 radical (unpaired) electrons. The largest absolute Gasteiger partial charge is 0.323 e. The number of nitrogens with zero attached hydrogens (tertiary/aromatic N) is 1. The monoisotopic (exact) mass is 200 g/mol. The Morgan fingerprint density at radius 1 is 1.21 bits per heavy atom. The van der Waals surface area contributed by atoms with E-state index in [0.29, 0.717) is 0 Å². The lowest BCUT2D eigenvalue weighted by atomic mass is 9.89. The van der Waals surface area contributed by atoms with Crippen molar-refractivity contribution in [2.24, 2.45) is 5.73 Å². The van der Waals surface area contributed by atoms with Gasteiger partial charge in [-0.05, 0) is 25.7 Å². The lowest BCUT2D eigenvalue weighted by Gasteiger charge is -2.40. The Bertz CT molecular complexity index is 182. The van der Waals surface area contributed by atoms with E-state index in [2.05, 4.69) is 4.90 Å². The summed E-state index contributed by atoms with van der Waals surface area (Å²) < 4.78 is 12.6. The number of nitrogens with two attached hydrogens (primary N) is 1. The van der Waals surface area contributed by atoms with E-state index in [0.717, 1.165) is 32.0 Å². The minimum Gasteiger partial charge on any atom is -0.323 e. The third-order valence-electron chi connectivity index (χ3n) is 3.90. The number of hydrogen-bond donors (Lipinski definition) is 1. The molecule has 14 heavy (non-hydrogen) atoms. The molecule has 0 spiro atoms. The number of piperidine rings is 1. The van der Waals surface area contributed by atoms with Crippen LogP contribution in [0.4, 0.5) is 4.39 Å². The van der Waals surface area contributed by atoms with Gasteiger partial charge < -0.3 is 10.6 Å². The molecule has 0 bridgehead atoms. The first-order valence-corrected chi connectivity index (χ1v) is 5.82. The van der Waals surface area contributed by atoms with Crippen molar-refractivity contribution in [1.29, 1.82) is 0 Å². The predicted octanol–water partition coefficient (Wildman–Crippen LogP) is 1.69. The van der Waals surface area contributed by atoms with Gasteiger partial charge >= 0.3 is 0 Å². The predicted molar refractivity (Wildman–Crippen MR) is 56.0 cm³/mol. The van der Waals surface area contributed by atoms with Gasteiger partial charge in [-0.15, -0.1) is 0 Å². The molecule has 0 amide bonds. The first-order valence-electron chi connectivity index (χ1n) is 5.82. The first kappa shape index (κ1) is 10.4. The third-order valence-corrected chi connectivity index (χ3v) is 3.90. The molecule has 3 heteroatoms. The molecule has 0 aromatic carbocycles. The second-order valence-electron chi connectivity index (χ2n) is 4.97. The number of likely N-dealkylation sites (tertiary alicyclic amines) is 1. The first-order chi connectivity index (χ1) is 6.73. The number of rotatable bonds is 2. The summed E-state index contributed by atoms with van der Waals surface area (Å²) in [4.78, 5) is 2.52. The summed E-state index contributed by atoms with van der Waals surface area (Å²) in [6, 6.07) is 0.777. The van der Waals surface area contributed by atoms with Crippen LogP contribution in [0.15, 0.2) is 0 Å². The summed E-state index contributed by atoms with van der Waals surface area (Å²) >= 11 is 0. The maximum Gasteiger partial charge on any atom is 0.107 e. The second-order valence-corrected chi connectivity index (χ2v) is 4.97. The van der Waals surface area contributed by atoms with Gasteiger partial charge in [0.25, 0.3) is 0 Å². The fourth-order valence-electron chi connectivity index (χ4n) is 2.74. The molecule has 0 aromatic heterocycles. The smallest absolute Gasteiger partial charge is 0.107 e. The fraction of sp³-hybridized carbons (Fsp3) is 1.00. The van der Waals surface area contributed by atoms with E-state index in [9.17, 15) is 4.39 Å². The van der Waals surface area contributed by atoms with Crippen molar-refractivity contribution in [2.45, 2.75) is 50.1 Å². The van der Waals surface area contributed by atoms with Crippen LogP contribution in [0.3, 0.4) is 0 Å². The minimum absolute atomic E-state index is 0.356. The zero-order valence-electron chi connectivity index (χ0n) is 8.84. The Labute approximate surface area is 85.6 Å². The van der Waals surface area contributed by atoms with Crippen LogP contribution < -0.4 is 5.73 Å². The van der Waals surface area contributed by atoms with Crippen molar-refractivity contribution in [3.05, 3.63) is 0 Å². The van der Waals surface area contributed by atoms with Crippen molar-refractivity contribution in [3.63, 3.8) is 0 Å². The molecule has 1 aliphatic heterocycles. The van der Waals surface area contributed by atoms with Gasteiger partial charge in [-0.1, -0.05) is 12.8 Å². The van der Waals surface area contributed by atoms with Gasteiger partial charge in [0.1, 0.15) is 6.67 Å². The van der Waals surface area contributed by atoms with Gasteiger partial charge in [0.15, 0.2) is 0 Å². The third kappa shape index (κ3) is 2.09. The van der Waals surface area contributed by atoms with Crippen molar-refractivity contribution in [2.75, 3.05) is 19.8 Å². The van der Waals surface area contributed by atoms with Gasteiger partial charge in [-0.25, -0.2) is 4.39 Å². The van der Waals surface area contributed by atoms with Crippen LogP contribution in [0.2, 0.25) is 0 Å². The molecule has 2 N–H and O–H groups in total. The topological polar surface area (TPSA) is 29.3 Å². The zero-order valence-corrected chi connectivity index (χ0v) is 8.84. The van der Waals surface area contributed by atoms with Crippen LogP contribution >= 0.6 is 0 Å². The molecular formula is C11H21FN2. The van der Waals surface area contributed by atoms with Crippen LogP contribution in [-0.4, -0.2) is 36.2 Å². The van der Waals surface area contributed by atoms with E-state index in [1.54, 1.807) is 0 Å². The second kappa shape index (κ2) is 4.15. The van der Waals surface area contributed by atoms with E-state index in [-0.39, 0.29) is 6.67 Å². The lowest BCUT2D eigenvalue weighted by molar-refractivity contribution is 0.105. The van der Waals surface area contributed by atoms with Crippen LogP contribution in [0, 0.1) is 0 Å². The molecule has 0 atom stereocenters. The average Bonchev–Trinajstić information content (AvgIpc) is 2.72. The van der Waals surface area contributed by atoms with Crippen LogP contribution in [0.25, 0.3) is 0 Å². The van der Waals surface area contributed by atoms with Gasteiger partial charge in [0.05, 0.1) is 0 Å². The van der Waals surface area contributed by atoms with Crippen LogP contribution in [-0.2, 0) is 0 Å². The molecule has 1 heterocycles. The van der Waals surface area contributed by atoms with E-state index < -0.39 is 5.54 Å². The molecule has 0 aromatic rings. The highest BCUT2D eigenvalue weighted by Crippen LogP contribution is 2.28. The molecular weight excluding hydrogens is 179 g/mol. The van der Waals surface area contributed by atoms with Gasteiger partial charge in [0.2, 0.25) is 0 Å². The Kier molecular flexibility index (Phi) is 3.07. The number of alkyl halides is 1.